The van der Waals surface area contributed by atoms with E-state index in [0.717, 1.165) is 23.7 Å². The number of aromatic amines is 1. The van der Waals surface area contributed by atoms with E-state index in [2.05, 4.69) is 10.3 Å². The van der Waals surface area contributed by atoms with Crippen LogP contribution >= 0.6 is 0 Å². The molecule has 0 spiro atoms. The minimum Gasteiger partial charge on any atom is -0.365 e. The normalized spacial score (nSPS) is 15.8. The summed E-state index contributed by atoms with van der Waals surface area (Å²) in [6, 6.07) is 1.65. The highest BCUT2D eigenvalue weighted by Crippen LogP contribution is 2.27. The Balaban J connectivity index is 1.91. The average Bonchev–Trinajstić information content (AvgIpc) is 2.92. The van der Waals surface area contributed by atoms with Crippen molar-refractivity contribution in [1.82, 2.24) is 10.3 Å². The lowest BCUT2D eigenvalue weighted by Gasteiger charge is -2.03. The first-order valence-corrected chi connectivity index (χ1v) is 5.14. The summed E-state index contributed by atoms with van der Waals surface area (Å²) in [6.07, 6.45) is 4.49. The second-order valence-electron chi connectivity index (χ2n) is 4.08. The molecule has 76 valence electrons. The van der Waals surface area contributed by atoms with E-state index in [9.17, 15) is 4.79 Å². The second-order valence-corrected chi connectivity index (χ2v) is 4.08. The summed E-state index contributed by atoms with van der Waals surface area (Å²) in [5, 5.41) is 3.30. The van der Waals surface area contributed by atoms with Gasteiger partial charge in [-0.2, -0.15) is 0 Å². The highest BCUT2D eigenvalue weighted by molar-refractivity contribution is 5.13. The summed E-state index contributed by atoms with van der Waals surface area (Å²) >= 11 is 0. The molecule has 0 aromatic carbocycles. The Morgan fingerprint density at radius 3 is 3.00 bits per heavy atom. The van der Waals surface area contributed by atoms with Crippen LogP contribution in [0.3, 0.4) is 0 Å². The smallest absolute Gasteiger partial charge is 0.186 e. The number of hydrogen-bond donors (Lipinski definition) is 2. The largest absolute Gasteiger partial charge is 0.365 e. The maximum Gasteiger partial charge on any atom is 0.186 e. The number of rotatable bonds is 4. The summed E-state index contributed by atoms with van der Waals surface area (Å²) in [7, 11) is 0. The molecule has 0 unspecified atom stereocenters. The van der Waals surface area contributed by atoms with Crippen molar-refractivity contribution in [2.45, 2.75) is 26.3 Å². The van der Waals surface area contributed by atoms with Gasteiger partial charge < -0.3 is 10.3 Å². The number of aryl methyl sites for hydroxylation is 1. The Kier molecular flexibility index (Phi) is 2.68. The average molecular weight is 192 g/mol. The van der Waals surface area contributed by atoms with Gasteiger partial charge in [0.15, 0.2) is 5.43 Å². The third kappa shape index (κ3) is 2.45. The minimum absolute atomic E-state index is 0.129. The SMILES string of the molecule is Cc1cc(=O)c(CNCC2CC2)c[nH]1. The quantitative estimate of drug-likeness (QED) is 0.752. The van der Waals surface area contributed by atoms with Crippen LogP contribution in [0, 0.1) is 12.8 Å². The molecule has 0 atom stereocenters. The summed E-state index contributed by atoms with van der Waals surface area (Å²) in [4.78, 5) is 14.5. The van der Waals surface area contributed by atoms with Gasteiger partial charge in [0.25, 0.3) is 0 Å². The van der Waals surface area contributed by atoms with Crippen LogP contribution in [-0.4, -0.2) is 11.5 Å². The van der Waals surface area contributed by atoms with Crippen molar-refractivity contribution in [3.05, 3.63) is 33.7 Å². The first-order chi connectivity index (χ1) is 6.75. The number of aromatic nitrogens is 1. The summed E-state index contributed by atoms with van der Waals surface area (Å²) in [5.41, 5.74) is 1.88. The first-order valence-electron chi connectivity index (χ1n) is 5.14. The molecule has 1 aromatic heterocycles. The van der Waals surface area contributed by atoms with Crippen molar-refractivity contribution in [2.75, 3.05) is 6.54 Å². The van der Waals surface area contributed by atoms with E-state index in [0.29, 0.717) is 6.54 Å². The lowest BCUT2D eigenvalue weighted by Crippen LogP contribution is -2.21. The molecule has 3 heteroatoms. The van der Waals surface area contributed by atoms with Crippen molar-refractivity contribution in [2.24, 2.45) is 5.92 Å². The molecule has 0 bridgehead atoms. The third-order valence-electron chi connectivity index (χ3n) is 2.58. The number of pyridine rings is 1. The molecular formula is C11H16N2O. The maximum absolute atomic E-state index is 11.5. The molecule has 0 aliphatic heterocycles. The van der Waals surface area contributed by atoms with Crippen molar-refractivity contribution in [3.8, 4) is 0 Å². The van der Waals surface area contributed by atoms with Gasteiger partial charge in [-0.05, 0) is 32.2 Å². The van der Waals surface area contributed by atoms with E-state index in [4.69, 9.17) is 0 Å². The predicted molar refractivity (Wildman–Crippen MR) is 56.2 cm³/mol. The number of nitrogens with one attached hydrogen (secondary N) is 2. The van der Waals surface area contributed by atoms with Crippen LogP contribution in [0.4, 0.5) is 0 Å². The molecule has 3 nitrogen and oxygen atoms in total. The van der Waals surface area contributed by atoms with E-state index < -0.39 is 0 Å². The van der Waals surface area contributed by atoms with E-state index in [1.165, 1.54) is 12.8 Å². The van der Waals surface area contributed by atoms with Crippen LogP contribution < -0.4 is 10.7 Å². The van der Waals surface area contributed by atoms with E-state index >= 15 is 0 Å². The minimum atomic E-state index is 0.129. The van der Waals surface area contributed by atoms with Crippen LogP contribution in [-0.2, 0) is 6.54 Å². The Morgan fingerprint density at radius 1 is 1.57 bits per heavy atom. The molecule has 0 amide bonds. The van der Waals surface area contributed by atoms with Gasteiger partial charge in [-0.3, -0.25) is 4.79 Å². The van der Waals surface area contributed by atoms with E-state index in [1.807, 2.05) is 6.92 Å². The van der Waals surface area contributed by atoms with Crippen molar-refractivity contribution >= 4 is 0 Å². The second kappa shape index (κ2) is 3.96. The van der Waals surface area contributed by atoms with Crippen LogP contribution in [0.1, 0.15) is 24.1 Å². The number of hydrogen-bond acceptors (Lipinski definition) is 2. The fraction of sp³-hybridized carbons (Fsp3) is 0.545. The maximum atomic E-state index is 11.5. The molecule has 0 radical (unpaired) electrons. The molecule has 14 heavy (non-hydrogen) atoms. The Hall–Kier alpha value is -1.09. The molecule has 1 aromatic rings. The van der Waals surface area contributed by atoms with E-state index in [1.54, 1.807) is 12.3 Å². The highest BCUT2D eigenvalue weighted by atomic mass is 16.1. The van der Waals surface area contributed by atoms with Gasteiger partial charge >= 0.3 is 0 Å². The molecule has 1 aliphatic rings. The standard InChI is InChI=1S/C11H16N2O/c1-8-4-11(14)10(7-13-8)6-12-5-9-2-3-9/h4,7,9,12H,2-3,5-6H2,1H3,(H,13,14). The molecular weight excluding hydrogens is 176 g/mol. The van der Waals surface area contributed by atoms with Crippen LogP contribution in [0.25, 0.3) is 0 Å². The summed E-state index contributed by atoms with van der Waals surface area (Å²) in [6.45, 7) is 3.63. The zero-order valence-corrected chi connectivity index (χ0v) is 8.47. The molecule has 1 aliphatic carbocycles. The molecule has 1 heterocycles. The van der Waals surface area contributed by atoms with Gasteiger partial charge in [0.05, 0.1) is 0 Å². The molecule has 2 rings (SSSR count). The van der Waals surface area contributed by atoms with Crippen LogP contribution in [0.15, 0.2) is 17.1 Å². The summed E-state index contributed by atoms with van der Waals surface area (Å²) < 4.78 is 0. The lowest BCUT2D eigenvalue weighted by molar-refractivity contribution is 0.635. The van der Waals surface area contributed by atoms with Crippen molar-refractivity contribution in [3.63, 3.8) is 0 Å². The van der Waals surface area contributed by atoms with Gasteiger partial charge in [-0.15, -0.1) is 0 Å². The Morgan fingerprint density at radius 2 is 2.36 bits per heavy atom. The molecule has 2 N–H and O–H groups in total. The third-order valence-corrected chi connectivity index (χ3v) is 2.58. The van der Waals surface area contributed by atoms with Crippen molar-refractivity contribution < 1.29 is 0 Å². The fourth-order valence-corrected chi connectivity index (χ4v) is 1.47. The molecule has 0 saturated heterocycles. The van der Waals surface area contributed by atoms with Gasteiger partial charge in [0, 0.05) is 30.1 Å². The summed E-state index contributed by atoms with van der Waals surface area (Å²) in [5.74, 6) is 0.861. The van der Waals surface area contributed by atoms with Crippen molar-refractivity contribution in [1.29, 1.82) is 0 Å². The van der Waals surface area contributed by atoms with Gasteiger partial charge in [-0.1, -0.05) is 0 Å². The van der Waals surface area contributed by atoms with Crippen LogP contribution in [0.2, 0.25) is 0 Å². The first kappa shape index (κ1) is 9.46. The fourth-order valence-electron chi connectivity index (χ4n) is 1.47. The predicted octanol–water partition coefficient (Wildman–Crippen LogP) is 1.18. The zero-order valence-electron chi connectivity index (χ0n) is 8.47. The van der Waals surface area contributed by atoms with Gasteiger partial charge in [-0.25, -0.2) is 0 Å². The van der Waals surface area contributed by atoms with E-state index in [-0.39, 0.29) is 5.43 Å². The van der Waals surface area contributed by atoms with Gasteiger partial charge in [0.2, 0.25) is 0 Å². The monoisotopic (exact) mass is 192 g/mol. The topological polar surface area (TPSA) is 44.9 Å². The molecule has 1 fully saturated rings. The Labute approximate surface area is 83.5 Å². The molecule has 1 saturated carbocycles. The van der Waals surface area contributed by atoms with Crippen LogP contribution in [0.5, 0.6) is 0 Å². The number of H-pyrrole nitrogens is 1. The van der Waals surface area contributed by atoms with Gasteiger partial charge in [0.1, 0.15) is 0 Å². The lowest BCUT2D eigenvalue weighted by atomic mass is 10.2. The zero-order chi connectivity index (χ0) is 9.97. The highest BCUT2D eigenvalue weighted by Gasteiger charge is 2.20. The Bertz CT molecular complexity index is 366.